The Morgan fingerprint density at radius 3 is 2.40 bits per heavy atom. The zero-order valence-electron chi connectivity index (χ0n) is 17.8. The quantitative estimate of drug-likeness (QED) is 0.314. The number of likely N-dealkylation sites (N-methyl/N-ethyl adjacent to an activating group) is 1. The van der Waals surface area contributed by atoms with Crippen LogP contribution >= 0.6 is 0 Å². The number of hydrogen-bond donors (Lipinski definition) is 1. The zero-order chi connectivity index (χ0) is 21.3. The van der Waals surface area contributed by atoms with Gasteiger partial charge < -0.3 is 14.8 Å². The van der Waals surface area contributed by atoms with Crippen LogP contribution in [-0.4, -0.2) is 43.2 Å². The van der Waals surface area contributed by atoms with E-state index in [1.165, 1.54) is 16.7 Å². The van der Waals surface area contributed by atoms with Crippen LogP contribution < -0.4 is 4.90 Å². The van der Waals surface area contributed by atoms with Gasteiger partial charge in [0.15, 0.2) is 0 Å². The minimum absolute atomic E-state index is 0.0728. The number of anilines is 1. The average Bonchev–Trinajstić information content (AvgIpc) is 2.80. The summed E-state index contributed by atoms with van der Waals surface area (Å²) in [5, 5.41) is 13.4. The van der Waals surface area contributed by atoms with Crippen LogP contribution in [0.3, 0.4) is 0 Å². The Balaban J connectivity index is 1.93. The minimum Gasteiger partial charge on any atom is -0.411 e. The molecule has 0 aliphatic rings. The van der Waals surface area contributed by atoms with Crippen molar-refractivity contribution >= 4 is 11.4 Å². The molecule has 1 aromatic heterocycles. The van der Waals surface area contributed by atoms with Crippen molar-refractivity contribution in [3.05, 3.63) is 95.3 Å². The van der Waals surface area contributed by atoms with Gasteiger partial charge in [0.25, 0.3) is 0 Å². The van der Waals surface area contributed by atoms with E-state index in [2.05, 4.69) is 71.5 Å². The molecule has 1 atom stereocenters. The Labute approximate surface area is 178 Å². The van der Waals surface area contributed by atoms with E-state index in [1.807, 2.05) is 18.2 Å². The SMILES string of the molecule is COCCN(C)c1ccc(C(C/C(=N/O)c2ccncc2)c2ccccc2C)cc1. The summed E-state index contributed by atoms with van der Waals surface area (Å²) in [6.07, 6.45) is 4.02. The number of nitrogens with zero attached hydrogens (tertiary/aromatic N) is 3. The molecule has 30 heavy (non-hydrogen) atoms. The summed E-state index contributed by atoms with van der Waals surface area (Å²) in [7, 11) is 3.78. The summed E-state index contributed by atoms with van der Waals surface area (Å²) < 4.78 is 5.18. The first-order valence-corrected chi connectivity index (χ1v) is 10.1. The third-order valence-electron chi connectivity index (χ3n) is 5.46. The van der Waals surface area contributed by atoms with Gasteiger partial charge in [-0.25, -0.2) is 0 Å². The van der Waals surface area contributed by atoms with Crippen LogP contribution in [-0.2, 0) is 4.74 Å². The maximum Gasteiger partial charge on any atom is 0.0878 e. The van der Waals surface area contributed by atoms with Crippen LogP contribution in [0.2, 0.25) is 0 Å². The third-order valence-corrected chi connectivity index (χ3v) is 5.46. The average molecular weight is 404 g/mol. The van der Waals surface area contributed by atoms with Crippen LogP contribution in [0.5, 0.6) is 0 Å². The second kappa shape index (κ2) is 10.6. The van der Waals surface area contributed by atoms with E-state index < -0.39 is 0 Å². The maximum absolute atomic E-state index is 9.74. The van der Waals surface area contributed by atoms with Crippen LogP contribution in [0.1, 0.15) is 34.6 Å². The molecule has 0 radical (unpaired) electrons. The highest BCUT2D eigenvalue weighted by atomic mass is 16.5. The highest BCUT2D eigenvalue weighted by Gasteiger charge is 2.20. The number of methoxy groups -OCH3 is 1. The first-order chi connectivity index (χ1) is 14.6. The second-order valence-electron chi connectivity index (χ2n) is 7.40. The van der Waals surface area contributed by atoms with Crippen LogP contribution in [0.4, 0.5) is 5.69 Å². The minimum atomic E-state index is 0.0728. The van der Waals surface area contributed by atoms with E-state index in [9.17, 15) is 5.21 Å². The lowest BCUT2D eigenvalue weighted by atomic mass is 9.83. The molecule has 3 aromatic rings. The summed E-state index contributed by atoms with van der Waals surface area (Å²) in [5.41, 5.74) is 6.30. The van der Waals surface area contributed by atoms with Crippen molar-refractivity contribution in [1.29, 1.82) is 0 Å². The molecule has 156 valence electrons. The van der Waals surface area contributed by atoms with Gasteiger partial charge in [0.1, 0.15) is 0 Å². The molecule has 1 heterocycles. The molecule has 0 spiro atoms. The van der Waals surface area contributed by atoms with Gasteiger partial charge in [-0.05, 0) is 47.9 Å². The highest BCUT2D eigenvalue weighted by Crippen LogP contribution is 2.32. The molecule has 0 bridgehead atoms. The number of oxime groups is 1. The topological polar surface area (TPSA) is 58.0 Å². The van der Waals surface area contributed by atoms with Crippen LogP contribution in [0.25, 0.3) is 0 Å². The first kappa shape index (κ1) is 21.5. The third kappa shape index (κ3) is 5.24. The standard InChI is InChI=1S/C25H29N3O2/c1-19-6-4-5-7-23(19)24(18-25(27-29)21-12-14-26-15-13-21)20-8-10-22(11-9-20)28(2)16-17-30-3/h4-15,24,29H,16-18H2,1-3H3/b27-25-. The molecule has 2 aromatic carbocycles. The lowest BCUT2D eigenvalue weighted by Gasteiger charge is -2.23. The van der Waals surface area contributed by atoms with Gasteiger partial charge in [0, 0.05) is 56.7 Å². The lowest BCUT2D eigenvalue weighted by molar-refractivity contribution is 0.206. The Morgan fingerprint density at radius 1 is 1.07 bits per heavy atom. The Bertz CT molecular complexity index is 956. The number of rotatable bonds is 9. The van der Waals surface area contributed by atoms with Crippen molar-refractivity contribution < 1.29 is 9.94 Å². The van der Waals surface area contributed by atoms with Gasteiger partial charge in [-0.3, -0.25) is 4.98 Å². The van der Waals surface area contributed by atoms with Crippen LogP contribution in [0.15, 0.2) is 78.2 Å². The molecule has 3 rings (SSSR count). The van der Waals surface area contributed by atoms with Crippen molar-refractivity contribution in [2.75, 3.05) is 32.2 Å². The molecule has 1 unspecified atom stereocenters. The van der Waals surface area contributed by atoms with E-state index in [4.69, 9.17) is 4.74 Å². The fourth-order valence-electron chi connectivity index (χ4n) is 3.66. The van der Waals surface area contributed by atoms with Gasteiger partial charge in [-0.2, -0.15) is 0 Å². The molecular formula is C25H29N3O2. The zero-order valence-corrected chi connectivity index (χ0v) is 17.8. The smallest absolute Gasteiger partial charge is 0.0878 e. The molecule has 0 saturated heterocycles. The van der Waals surface area contributed by atoms with E-state index in [1.54, 1.807) is 19.5 Å². The van der Waals surface area contributed by atoms with E-state index in [0.29, 0.717) is 18.7 Å². The molecule has 0 aliphatic heterocycles. The predicted octanol–water partition coefficient (Wildman–Crippen LogP) is 4.87. The number of ether oxygens (including phenoxy) is 1. The fourth-order valence-corrected chi connectivity index (χ4v) is 3.66. The van der Waals surface area contributed by atoms with Crippen molar-refractivity contribution in [2.24, 2.45) is 5.16 Å². The van der Waals surface area contributed by atoms with Crippen molar-refractivity contribution in [3.63, 3.8) is 0 Å². The van der Waals surface area contributed by atoms with E-state index in [0.717, 1.165) is 17.8 Å². The molecule has 0 amide bonds. The summed E-state index contributed by atoms with van der Waals surface area (Å²) in [4.78, 5) is 6.24. The number of hydrogen-bond acceptors (Lipinski definition) is 5. The van der Waals surface area contributed by atoms with Gasteiger partial charge in [0.2, 0.25) is 0 Å². The molecular weight excluding hydrogens is 374 g/mol. The Morgan fingerprint density at radius 2 is 1.77 bits per heavy atom. The van der Waals surface area contributed by atoms with Crippen LogP contribution in [0, 0.1) is 6.92 Å². The van der Waals surface area contributed by atoms with Crippen molar-refractivity contribution in [3.8, 4) is 0 Å². The van der Waals surface area contributed by atoms with Gasteiger partial charge >= 0.3 is 0 Å². The molecule has 0 aliphatic carbocycles. The van der Waals surface area contributed by atoms with E-state index in [-0.39, 0.29) is 5.92 Å². The summed E-state index contributed by atoms with van der Waals surface area (Å²) >= 11 is 0. The molecule has 0 fully saturated rings. The fraction of sp³-hybridized carbons (Fsp3) is 0.280. The molecule has 5 nitrogen and oxygen atoms in total. The van der Waals surface area contributed by atoms with Gasteiger partial charge in [-0.15, -0.1) is 0 Å². The summed E-state index contributed by atoms with van der Waals surface area (Å²) in [5.74, 6) is 0.0728. The Hall–Kier alpha value is -3.18. The van der Waals surface area contributed by atoms with Gasteiger partial charge in [-0.1, -0.05) is 41.6 Å². The number of aromatic nitrogens is 1. The number of benzene rings is 2. The summed E-state index contributed by atoms with van der Waals surface area (Å²) in [6, 6.07) is 20.7. The van der Waals surface area contributed by atoms with Crippen molar-refractivity contribution in [2.45, 2.75) is 19.3 Å². The second-order valence-corrected chi connectivity index (χ2v) is 7.40. The predicted molar refractivity (Wildman–Crippen MR) is 122 cm³/mol. The first-order valence-electron chi connectivity index (χ1n) is 10.1. The van der Waals surface area contributed by atoms with E-state index >= 15 is 0 Å². The molecule has 0 saturated carbocycles. The molecule has 1 N–H and O–H groups in total. The number of pyridine rings is 1. The van der Waals surface area contributed by atoms with Gasteiger partial charge in [0.05, 0.1) is 12.3 Å². The number of aryl methyl sites for hydroxylation is 1. The highest BCUT2D eigenvalue weighted by molar-refractivity contribution is 6.00. The maximum atomic E-state index is 9.74. The lowest BCUT2D eigenvalue weighted by Crippen LogP contribution is -2.22. The Kier molecular flexibility index (Phi) is 7.57. The normalized spacial score (nSPS) is 12.6. The summed E-state index contributed by atoms with van der Waals surface area (Å²) in [6.45, 7) is 3.64. The largest absolute Gasteiger partial charge is 0.411 e. The van der Waals surface area contributed by atoms with Crippen molar-refractivity contribution in [1.82, 2.24) is 4.98 Å². The molecule has 5 heteroatoms. The monoisotopic (exact) mass is 403 g/mol.